The number of likely N-dealkylation sites (tertiary alicyclic amines) is 1. The number of cyclic esters (lactones) is 1. The number of aliphatic hydroxyl groups excluding tert-OH is 1. The van der Waals surface area contributed by atoms with Gasteiger partial charge < -0.3 is 29.3 Å². The van der Waals surface area contributed by atoms with Gasteiger partial charge in [0.25, 0.3) is 5.91 Å². The highest BCUT2D eigenvalue weighted by molar-refractivity contribution is 6.06. The molecule has 260 valence electrons. The number of unbranched alkanes of at least 4 members (excludes halogenated alkanes) is 1. The summed E-state index contributed by atoms with van der Waals surface area (Å²) in [5.74, 6) is -3.44. The van der Waals surface area contributed by atoms with Crippen LogP contribution in [-0.4, -0.2) is 89.1 Å². The highest BCUT2D eigenvalue weighted by atomic mass is 16.6. The van der Waals surface area contributed by atoms with Crippen LogP contribution in [0.5, 0.6) is 0 Å². The number of likely N-dealkylation sites (N-methyl/N-ethyl adjacent to an activating group) is 1. The fourth-order valence-corrected chi connectivity index (χ4v) is 8.10. The average molecular weight is 678 g/mol. The average Bonchev–Trinajstić information content (AvgIpc) is 3.51. The first-order valence-corrected chi connectivity index (χ1v) is 17.5. The van der Waals surface area contributed by atoms with Gasteiger partial charge in [-0.2, -0.15) is 0 Å². The van der Waals surface area contributed by atoms with Crippen molar-refractivity contribution in [3.63, 3.8) is 0 Å². The van der Waals surface area contributed by atoms with Gasteiger partial charge in [0.15, 0.2) is 0 Å². The Morgan fingerprint density at radius 2 is 1.66 bits per heavy atom. The molecule has 3 aromatic carbocycles. The molecular formula is C40H43N3O7. The summed E-state index contributed by atoms with van der Waals surface area (Å²) in [6.45, 7) is 2.27. The Morgan fingerprint density at radius 3 is 2.44 bits per heavy atom. The molecule has 0 aliphatic carbocycles. The van der Waals surface area contributed by atoms with E-state index < -0.39 is 47.7 Å². The fraction of sp³-hybridized carbons (Fsp3) is 0.400. The van der Waals surface area contributed by atoms with Crippen molar-refractivity contribution < 1.29 is 33.8 Å². The second kappa shape index (κ2) is 13.8. The lowest BCUT2D eigenvalue weighted by Gasteiger charge is -2.35. The number of benzene rings is 3. The van der Waals surface area contributed by atoms with Crippen molar-refractivity contribution in [2.24, 2.45) is 11.8 Å². The summed E-state index contributed by atoms with van der Waals surface area (Å²) in [5, 5.41) is 11.6. The van der Waals surface area contributed by atoms with E-state index in [1.165, 1.54) is 0 Å². The molecule has 10 nitrogen and oxygen atoms in total. The van der Waals surface area contributed by atoms with Crippen LogP contribution in [0.2, 0.25) is 0 Å². The van der Waals surface area contributed by atoms with E-state index in [0.717, 1.165) is 16.3 Å². The molecule has 0 radical (unpaired) electrons. The molecule has 4 aliphatic rings. The number of nitrogens with zero attached hydrogens (tertiary/aromatic N) is 3. The van der Waals surface area contributed by atoms with Gasteiger partial charge in [-0.25, -0.2) is 0 Å². The van der Waals surface area contributed by atoms with Crippen LogP contribution in [0.15, 0.2) is 97.1 Å². The minimum Gasteiger partial charge on any atom is -0.455 e. The first kappa shape index (κ1) is 33.7. The summed E-state index contributed by atoms with van der Waals surface area (Å²) < 4.78 is 13.2. The fourth-order valence-electron chi connectivity index (χ4n) is 8.10. The summed E-state index contributed by atoms with van der Waals surface area (Å²) in [6.07, 6.45) is 7.15. The molecule has 1 spiro atoms. The third-order valence-electron chi connectivity index (χ3n) is 10.8. The zero-order valence-electron chi connectivity index (χ0n) is 28.4. The van der Waals surface area contributed by atoms with E-state index >= 15 is 0 Å². The molecule has 1 N–H and O–H groups in total. The van der Waals surface area contributed by atoms with Crippen LogP contribution in [-0.2, 0) is 28.7 Å². The molecule has 10 heteroatoms. The zero-order chi connectivity index (χ0) is 35.0. The second-order valence-electron chi connectivity index (χ2n) is 13.7. The smallest absolute Gasteiger partial charge is 0.313 e. The zero-order valence-corrected chi connectivity index (χ0v) is 28.4. The number of fused-ring (bicyclic) bond motifs is 3. The van der Waals surface area contributed by atoms with Crippen LogP contribution in [0.3, 0.4) is 0 Å². The third kappa shape index (κ3) is 5.80. The number of anilines is 1. The molecule has 7 rings (SSSR count). The maximum absolute atomic E-state index is 14.9. The molecule has 4 heterocycles. The van der Waals surface area contributed by atoms with Crippen molar-refractivity contribution in [3.8, 4) is 0 Å². The molecule has 2 fully saturated rings. The number of ether oxygens (including phenoxy) is 2. The normalized spacial score (nSPS) is 30.7. The van der Waals surface area contributed by atoms with Gasteiger partial charge in [-0.3, -0.25) is 19.2 Å². The Bertz CT molecular complexity index is 1840. The molecule has 3 aromatic rings. The van der Waals surface area contributed by atoms with Gasteiger partial charge in [-0.05, 0) is 54.7 Å². The van der Waals surface area contributed by atoms with Gasteiger partial charge >= 0.3 is 5.97 Å². The molecule has 50 heavy (non-hydrogen) atoms. The maximum atomic E-state index is 14.9. The highest BCUT2D eigenvalue weighted by Gasteiger charge is 2.71. The van der Waals surface area contributed by atoms with E-state index in [4.69, 9.17) is 9.47 Å². The van der Waals surface area contributed by atoms with Crippen LogP contribution in [0.1, 0.15) is 44.3 Å². The van der Waals surface area contributed by atoms with Crippen molar-refractivity contribution in [3.05, 3.63) is 103 Å². The number of carbonyl (C=O) groups excluding carboxylic acids is 4. The monoisotopic (exact) mass is 677 g/mol. The van der Waals surface area contributed by atoms with Crippen molar-refractivity contribution in [1.82, 2.24) is 9.80 Å². The molecule has 0 unspecified atom stereocenters. The Labute approximate surface area is 291 Å². The quantitative estimate of drug-likeness (QED) is 0.231. The van der Waals surface area contributed by atoms with E-state index in [9.17, 15) is 24.3 Å². The first-order valence-electron chi connectivity index (χ1n) is 17.5. The highest BCUT2D eigenvalue weighted by Crippen LogP contribution is 2.53. The Kier molecular flexibility index (Phi) is 9.32. The summed E-state index contributed by atoms with van der Waals surface area (Å²) in [5.41, 5.74) is -0.0281. The molecule has 7 atom stereocenters. The van der Waals surface area contributed by atoms with Crippen LogP contribution in [0.4, 0.5) is 5.69 Å². The lowest BCUT2D eigenvalue weighted by atomic mass is 9.77. The van der Waals surface area contributed by atoms with Gasteiger partial charge in [0.2, 0.25) is 11.8 Å². The number of esters is 1. The Balaban J connectivity index is 1.31. The number of hydrogen-bond acceptors (Lipinski definition) is 7. The molecule has 0 bridgehead atoms. The van der Waals surface area contributed by atoms with E-state index in [0.29, 0.717) is 24.9 Å². The van der Waals surface area contributed by atoms with Crippen LogP contribution >= 0.6 is 0 Å². The number of amides is 3. The minimum absolute atomic E-state index is 0.0489. The molecule has 0 aromatic heterocycles. The van der Waals surface area contributed by atoms with Crippen LogP contribution < -0.4 is 4.90 Å². The number of allylic oxidation sites excluding steroid dienone is 1. The number of carbonyl (C=O) groups is 4. The van der Waals surface area contributed by atoms with Crippen molar-refractivity contribution in [2.45, 2.75) is 62.5 Å². The standard InChI is InChI=1S/C40H43N3O7/c1-26-35(28-14-4-3-5-15-28)49-39(48)33-31(17-8-9-18-32(45)41(26)2)50-40-21-12-23-42(30-20-19-27-13-6-7-16-29(27)25-30)38(47)36(40)43(22-10-11-24-44)37(46)34(33)40/h3-8,12-17,19-21,25-26,31,33-36,44H,9-11,18,22-24H2,1-2H3/b17-8-/t26-,31-,33+,34+,35+,36-,40+/m1/s1. The summed E-state index contributed by atoms with van der Waals surface area (Å²) >= 11 is 0. The van der Waals surface area contributed by atoms with Gasteiger partial charge in [0.05, 0.1) is 18.1 Å². The maximum Gasteiger partial charge on any atom is 0.313 e. The summed E-state index contributed by atoms with van der Waals surface area (Å²) in [4.78, 5) is 62.1. The Morgan fingerprint density at radius 1 is 0.900 bits per heavy atom. The molecule has 3 amide bonds. The van der Waals surface area contributed by atoms with E-state index in [2.05, 4.69) is 0 Å². The van der Waals surface area contributed by atoms with Gasteiger partial charge in [0.1, 0.15) is 23.7 Å². The first-order chi connectivity index (χ1) is 24.2. The topological polar surface area (TPSA) is 117 Å². The van der Waals surface area contributed by atoms with Crippen molar-refractivity contribution in [1.29, 1.82) is 0 Å². The predicted molar refractivity (Wildman–Crippen MR) is 188 cm³/mol. The van der Waals surface area contributed by atoms with Crippen molar-refractivity contribution >= 4 is 40.2 Å². The third-order valence-corrected chi connectivity index (χ3v) is 10.8. The molecular weight excluding hydrogens is 634 g/mol. The molecule has 4 aliphatic heterocycles. The van der Waals surface area contributed by atoms with Crippen LogP contribution in [0, 0.1) is 11.8 Å². The van der Waals surface area contributed by atoms with E-state index in [1.54, 1.807) is 27.8 Å². The SMILES string of the molecule is C[C@@H]1[C@@H](c2ccccc2)OC(=O)[C@@H]2[C@H]3C(=O)N(CCCCO)[C@@H]4C(=O)N(c5ccc6ccccc6c5)CC=C[C@]34O[C@@H]2/C=C\CCC(=O)N1C. The number of aliphatic hydroxyl groups is 1. The van der Waals surface area contributed by atoms with Gasteiger partial charge in [-0.15, -0.1) is 0 Å². The van der Waals surface area contributed by atoms with Gasteiger partial charge in [-0.1, -0.05) is 85.0 Å². The summed E-state index contributed by atoms with van der Waals surface area (Å²) in [6, 6.07) is 21.5. The number of hydrogen-bond donors (Lipinski definition) is 1. The molecule has 0 saturated carbocycles. The largest absolute Gasteiger partial charge is 0.455 e. The second-order valence-corrected chi connectivity index (χ2v) is 13.7. The Hall–Kier alpha value is -4.80. The van der Waals surface area contributed by atoms with Crippen LogP contribution in [0.25, 0.3) is 10.8 Å². The van der Waals surface area contributed by atoms with Crippen molar-refractivity contribution in [2.75, 3.05) is 31.6 Å². The van der Waals surface area contributed by atoms with Gasteiger partial charge in [0, 0.05) is 38.9 Å². The number of rotatable bonds is 6. The lowest BCUT2D eigenvalue weighted by molar-refractivity contribution is -0.164. The minimum atomic E-state index is -1.45. The van der Waals surface area contributed by atoms with E-state index in [1.807, 2.05) is 97.9 Å². The lowest BCUT2D eigenvalue weighted by Crippen LogP contribution is -2.55. The van der Waals surface area contributed by atoms with E-state index in [-0.39, 0.29) is 43.8 Å². The predicted octanol–water partition coefficient (Wildman–Crippen LogP) is 4.58. The summed E-state index contributed by atoms with van der Waals surface area (Å²) in [7, 11) is 1.71. The molecule has 2 saturated heterocycles.